The lowest BCUT2D eigenvalue weighted by Gasteiger charge is -2.56. The largest absolute Gasteiger partial charge is 0.493 e. The first-order valence-electron chi connectivity index (χ1n) is 13.5. The Balaban J connectivity index is 1.44. The Morgan fingerprint density at radius 3 is 2.35 bits per heavy atom. The van der Waals surface area contributed by atoms with E-state index in [1.807, 2.05) is 56.9 Å². The second-order valence-corrected chi connectivity index (χ2v) is 16.9. The minimum Gasteiger partial charge on any atom is -0.493 e. The van der Waals surface area contributed by atoms with Gasteiger partial charge in [-0.1, -0.05) is 37.3 Å². The molecule has 3 nitrogen and oxygen atoms in total. The van der Waals surface area contributed by atoms with E-state index < -0.39 is 25.5 Å². The van der Waals surface area contributed by atoms with Crippen molar-refractivity contribution in [2.45, 2.75) is 89.4 Å². The van der Waals surface area contributed by atoms with E-state index in [-0.39, 0.29) is 24.2 Å². The molecular formula is C30H39F3O3Si. The number of benzene rings is 2. The molecule has 3 aliphatic rings. The zero-order chi connectivity index (χ0) is 26.6. The van der Waals surface area contributed by atoms with Crippen molar-refractivity contribution >= 4 is 8.32 Å². The average molecular weight is 533 g/mol. The molecule has 0 radical (unpaired) electrons. The van der Waals surface area contributed by atoms with Gasteiger partial charge in [0.15, 0.2) is 25.4 Å². The van der Waals surface area contributed by atoms with Gasteiger partial charge in [0.05, 0.1) is 7.11 Å². The fourth-order valence-electron chi connectivity index (χ4n) is 7.80. The van der Waals surface area contributed by atoms with E-state index in [0.29, 0.717) is 25.2 Å². The molecule has 5 rings (SSSR count). The summed E-state index contributed by atoms with van der Waals surface area (Å²) in [5.74, 6) is 1.89. The van der Waals surface area contributed by atoms with Crippen LogP contribution in [-0.2, 0) is 17.5 Å². The van der Waals surface area contributed by atoms with Crippen LogP contribution >= 0.6 is 0 Å². The summed E-state index contributed by atoms with van der Waals surface area (Å²) in [7, 11) is -0.780. The van der Waals surface area contributed by atoms with Crippen molar-refractivity contribution in [3.63, 3.8) is 0 Å². The number of rotatable bonds is 6. The summed E-state index contributed by atoms with van der Waals surface area (Å²) in [5.41, 5.74) is 0.633. The number of alkyl halides is 3. The van der Waals surface area contributed by atoms with Gasteiger partial charge in [0.25, 0.3) is 0 Å². The van der Waals surface area contributed by atoms with Crippen LogP contribution < -0.4 is 9.47 Å². The summed E-state index contributed by atoms with van der Waals surface area (Å²) in [5, 5.41) is 0. The monoisotopic (exact) mass is 532 g/mol. The van der Waals surface area contributed by atoms with E-state index in [1.54, 1.807) is 7.11 Å². The van der Waals surface area contributed by atoms with Gasteiger partial charge in [-0.05, 0) is 105 Å². The van der Waals surface area contributed by atoms with Crippen LogP contribution in [0.1, 0.15) is 61.6 Å². The predicted molar refractivity (Wildman–Crippen MR) is 142 cm³/mol. The first kappa shape index (κ1) is 26.6. The number of hydrogen-bond acceptors (Lipinski definition) is 3. The molecule has 0 heterocycles. The van der Waals surface area contributed by atoms with Gasteiger partial charge in [0.1, 0.15) is 6.61 Å². The molecule has 2 fully saturated rings. The molecular weight excluding hydrogens is 493 g/mol. The van der Waals surface area contributed by atoms with Gasteiger partial charge >= 0.3 is 6.18 Å². The van der Waals surface area contributed by atoms with Crippen LogP contribution in [0.5, 0.6) is 11.5 Å². The van der Waals surface area contributed by atoms with E-state index >= 15 is 0 Å². The highest BCUT2D eigenvalue weighted by Gasteiger charge is 2.73. The molecule has 2 aromatic rings. The van der Waals surface area contributed by atoms with Gasteiger partial charge in [-0.25, -0.2) is 0 Å². The fraction of sp³-hybridized carbons (Fsp3) is 0.600. The second kappa shape index (κ2) is 9.33. The van der Waals surface area contributed by atoms with Crippen LogP contribution in [0.3, 0.4) is 0 Å². The number of methoxy groups -OCH3 is 1. The zero-order valence-corrected chi connectivity index (χ0v) is 23.6. The van der Waals surface area contributed by atoms with Crippen molar-refractivity contribution in [1.29, 1.82) is 0 Å². The highest BCUT2D eigenvalue weighted by atomic mass is 28.4. The third-order valence-electron chi connectivity index (χ3n) is 9.30. The van der Waals surface area contributed by atoms with Crippen molar-refractivity contribution in [3.05, 3.63) is 59.2 Å². The smallest absolute Gasteiger partial charge is 0.416 e. The highest BCUT2D eigenvalue weighted by molar-refractivity contribution is 6.69. The Labute approximate surface area is 219 Å². The molecule has 0 N–H and O–H groups in total. The molecule has 2 aromatic carbocycles. The topological polar surface area (TPSA) is 27.7 Å². The molecule has 0 spiro atoms. The van der Waals surface area contributed by atoms with Crippen molar-refractivity contribution in [1.82, 2.24) is 0 Å². The summed E-state index contributed by atoms with van der Waals surface area (Å²) in [6, 6.07) is 14.2. The lowest BCUT2D eigenvalue weighted by molar-refractivity contribution is -0.292. The quantitative estimate of drug-likeness (QED) is 0.350. The lowest BCUT2D eigenvalue weighted by atomic mass is 9.53. The van der Waals surface area contributed by atoms with Crippen LogP contribution in [0, 0.1) is 17.3 Å². The van der Waals surface area contributed by atoms with Gasteiger partial charge in [0, 0.05) is 5.41 Å². The predicted octanol–water partition coefficient (Wildman–Crippen LogP) is 8.28. The molecule has 2 saturated carbocycles. The minimum absolute atomic E-state index is 0.00243. The molecule has 5 atom stereocenters. The number of ether oxygens (including phenoxy) is 2. The molecule has 0 saturated heterocycles. The van der Waals surface area contributed by atoms with Crippen molar-refractivity contribution < 1.29 is 27.1 Å². The standard InChI is InChI=1S/C30H39F3O3Si/c1-28-15-13-22-23(25(28)14-16-29(28,30(31,32)33)36-37(3,4)5)12-11-21-17-27(26(34-2)18-24(21)22)35-19-20-9-7-6-8-10-20/h6-10,17-18,22-23,25H,11-16,19H2,1-5H3/t22-,23+,25-,28-,29-/m0/s1. The summed E-state index contributed by atoms with van der Waals surface area (Å²) in [6.07, 6.45) is -0.696. The van der Waals surface area contributed by atoms with Crippen molar-refractivity contribution in [2.75, 3.05) is 7.11 Å². The first-order chi connectivity index (χ1) is 17.4. The first-order valence-corrected chi connectivity index (χ1v) is 16.9. The minimum atomic E-state index is -4.37. The summed E-state index contributed by atoms with van der Waals surface area (Å²) < 4.78 is 62.5. The Morgan fingerprint density at radius 2 is 1.70 bits per heavy atom. The molecule has 3 aliphatic carbocycles. The zero-order valence-electron chi connectivity index (χ0n) is 22.6. The Kier molecular flexibility index (Phi) is 6.71. The number of hydrogen-bond donors (Lipinski definition) is 0. The molecule has 0 unspecified atom stereocenters. The van der Waals surface area contributed by atoms with Gasteiger partial charge in [-0.3, -0.25) is 0 Å². The Bertz CT molecular complexity index is 1130. The van der Waals surface area contributed by atoms with E-state index in [1.165, 1.54) is 11.1 Å². The van der Waals surface area contributed by atoms with Crippen LogP contribution in [0.15, 0.2) is 42.5 Å². The Hall–Kier alpha value is -1.99. The van der Waals surface area contributed by atoms with Gasteiger partial charge in [-0.15, -0.1) is 0 Å². The third kappa shape index (κ3) is 4.50. The number of fused-ring (bicyclic) bond motifs is 5. The van der Waals surface area contributed by atoms with E-state index in [9.17, 15) is 13.2 Å². The molecule has 0 bridgehead atoms. The van der Waals surface area contributed by atoms with Gasteiger partial charge < -0.3 is 13.9 Å². The molecule has 0 aliphatic heterocycles. The number of aryl methyl sites for hydroxylation is 1. The second-order valence-electron chi connectivity index (χ2n) is 12.4. The maximum absolute atomic E-state index is 14.8. The molecule has 0 amide bonds. The maximum Gasteiger partial charge on any atom is 0.416 e. The van der Waals surface area contributed by atoms with Gasteiger partial charge in [-0.2, -0.15) is 13.2 Å². The third-order valence-corrected chi connectivity index (χ3v) is 10.3. The van der Waals surface area contributed by atoms with Crippen LogP contribution in [0.4, 0.5) is 13.2 Å². The van der Waals surface area contributed by atoms with Crippen LogP contribution in [-0.4, -0.2) is 27.2 Å². The fourth-order valence-corrected chi connectivity index (χ4v) is 9.29. The molecule has 7 heteroatoms. The van der Waals surface area contributed by atoms with Gasteiger partial charge in [0.2, 0.25) is 0 Å². The number of halogens is 3. The van der Waals surface area contributed by atoms with Crippen molar-refractivity contribution in [3.8, 4) is 11.5 Å². The highest BCUT2D eigenvalue weighted by Crippen LogP contribution is 2.69. The van der Waals surface area contributed by atoms with Crippen LogP contribution in [0.2, 0.25) is 19.6 Å². The molecule has 37 heavy (non-hydrogen) atoms. The van der Waals surface area contributed by atoms with E-state index in [2.05, 4.69) is 12.1 Å². The summed E-state index contributed by atoms with van der Waals surface area (Å²) in [6.45, 7) is 7.97. The molecule has 0 aromatic heterocycles. The lowest BCUT2D eigenvalue weighted by Crippen LogP contribution is -2.62. The van der Waals surface area contributed by atoms with Crippen LogP contribution in [0.25, 0.3) is 0 Å². The van der Waals surface area contributed by atoms with Crippen molar-refractivity contribution in [2.24, 2.45) is 17.3 Å². The van der Waals surface area contributed by atoms with E-state index in [0.717, 1.165) is 30.6 Å². The maximum atomic E-state index is 14.8. The molecule has 202 valence electrons. The summed E-state index contributed by atoms with van der Waals surface area (Å²) in [4.78, 5) is 0. The van der Waals surface area contributed by atoms with E-state index in [4.69, 9.17) is 13.9 Å². The Morgan fingerprint density at radius 1 is 0.973 bits per heavy atom. The average Bonchev–Trinajstić information content (AvgIpc) is 3.14. The summed E-state index contributed by atoms with van der Waals surface area (Å²) >= 11 is 0. The SMILES string of the molecule is COc1cc2c(cc1OCc1ccccc1)CC[C@@H]1[C@@H]2CC[C@@]2(C)[C@H]1CC[C@@]2(O[Si](C)(C)C)C(F)(F)F. The normalized spacial score (nSPS) is 31.3.